The fourth-order valence-corrected chi connectivity index (χ4v) is 15.1. The summed E-state index contributed by atoms with van der Waals surface area (Å²) in [6.45, 7) is 0. The standard InChI is InChI=1S/C53H45NO/c1-4-10-46-40(7-1)42-18-15-37(27-48(42)52(46)30-31-13-14-34(52)22-31)54(39-17-20-45-44-9-3-6-12-50(44)55-51(45)29-39)38-16-19-43-41-8-2-5-11-47(41)53(49(43)28-38)35-23-32-21-33(25-35)26-36(53)24-32/h1-12,15-20,27-29,31-36H,13-14,21-26,30H2. The number of furan rings is 1. The van der Waals surface area contributed by atoms with Crippen LogP contribution in [0.1, 0.15) is 80.0 Å². The number of hydrogen-bond acceptors (Lipinski definition) is 2. The molecule has 268 valence electrons. The summed E-state index contributed by atoms with van der Waals surface area (Å²) in [5, 5.41) is 2.37. The maximum absolute atomic E-state index is 6.59. The van der Waals surface area contributed by atoms with Crippen molar-refractivity contribution in [1.29, 1.82) is 0 Å². The molecule has 0 aliphatic heterocycles. The van der Waals surface area contributed by atoms with Gasteiger partial charge in [-0.1, -0.05) is 85.3 Å². The normalized spacial score (nSPS) is 31.1. The van der Waals surface area contributed by atoms with Gasteiger partial charge in [-0.25, -0.2) is 0 Å². The summed E-state index contributed by atoms with van der Waals surface area (Å²) in [4.78, 5) is 2.59. The van der Waals surface area contributed by atoms with E-state index in [1.807, 2.05) is 0 Å². The first-order valence-corrected chi connectivity index (χ1v) is 21.4. The summed E-state index contributed by atoms with van der Waals surface area (Å²) in [5.41, 5.74) is 18.1. The molecule has 6 saturated carbocycles. The molecule has 2 nitrogen and oxygen atoms in total. The van der Waals surface area contributed by atoms with E-state index in [-0.39, 0.29) is 10.8 Å². The summed E-state index contributed by atoms with van der Waals surface area (Å²) in [7, 11) is 0. The van der Waals surface area contributed by atoms with Gasteiger partial charge in [0.25, 0.3) is 0 Å². The summed E-state index contributed by atoms with van der Waals surface area (Å²) in [6, 6.07) is 49.5. The Kier molecular flexibility index (Phi) is 5.71. The van der Waals surface area contributed by atoms with Crippen molar-refractivity contribution in [1.82, 2.24) is 0 Å². The van der Waals surface area contributed by atoms with E-state index in [4.69, 9.17) is 4.42 Å². The van der Waals surface area contributed by atoms with Crippen LogP contribution >= 0.6 is 0 Å². The molecule has 1 heterocycles. The fourth-order valence-electron chi connectivity index (χ4n) is 15.1. The first-order valence-electron chi connectivity index (χ1n) is 21.4. The molecular formula is C53H45NO. The van der Waals surface area contributed by atoms with Crippen LogP contribution in [0.3, 0.4) is 0 Å². The van der Waals surface area contributed by atoms with Gasteiger partial charge >= 0.3 is 0 Å². The Labute approximate surface area is 323 Å². The van der Waals surface area contributed by atoms with Crippen LogP contribution in [0.4, 0.5) is 17.1 Å². The molecule has 2 spiro atoms. The van der Waals surface area contributed by atoms with Crippen molar-refractivity contribution >= 4 is 39.0 Å². The molecule has 8 aliphatic rings. The lowest BCUT2D eigenvalue weighted by molar-refractivity contribution is -0.0399. The van der Waals surface area contributed by atoms with Crippen molar-refractivity contribution in [3.05, 3.63) is 150 Å². The average Bonchev–Trinajstić information content (AvgIpc) is 4.03. The summed E-state index contributed by atoms with van der Waals surface area (Å²) >= 11 is 0. The Morgan fingerprint density at radius 1 is 0.436 bits per heavy atom. The molecule has 7 aromatic rings. The highest BCUT2D eigenvalue weighted by Gasteiger charge is 2.62. The lowest BCUT2D eigenvalue weighted by Gasteiger charge is -2.61. The molecule has 6 bridgehead atoms. The molecule has 6 fully saturated rings. The van der Waals surface area contributed by atoms with Gasteiger partial charge in [0.15, 0.2) is 0 Å². The highest BCUT2D eigenvalue weighted by atomic mass is 16.3. The average molecular weight is 712 g/mol. The topological polar surface area (TPSA) is 16.4 Å². The van der Waals surface area contributed by atoms with Gasteiger partial charge in [-0.3, -0.25) is 0 Å². The molecule has 0 amide bonds. The second kappa shape index (κ2) is 10.4. The van der Waals surface area contributed by atoms with Gasteiger partial charge in [0.1, 0.15) is 11.2 Å². The van der Waals surface area contributed by atoms with Crippen molar-refractivity contribution in [3.63, 3.8) is 0 Å². The summed E-state index contributed by atoms with van der Waals surface area (Å²) in [5.74, 6) is 4.89. The van der Waals surface area contributed by atoms with Crippen molar-refractivity contribution in [3.8, 4) is 22.3 Å². The second-order valence-corrected chi connectivity index (χ2v) is 18.9. The molecule has 0 radical (unpaired) electrons. The number of fused-ring (bicyclic) bond motifs is 14. The maximum Gasteiger partial charge on any atom is 0.137 e. The van der Waals surface area contributed by atoms with E-state index in [2.05, 4.69) is 132 Å². The van der Waals surface area contributed by atoms with Crippen LogP contribution in [0, 0.1) is 35.5 Å². The molecule has 55 heavy (non-hydrogen) atoms. The largest absolute Gasteiger partial charge is 0.456 e. The molecule has 8 aliphatic carbocycles. The molecule has 3 atom stereocenters. The van der Waals surface area contributed by atoms with Crippen molar-refractivity contribution in [2.45, 2.75) is 68.6 Å². The third-order valence-electron chi connectivity index (χ3n) is 16.7. The smallest absolute Gasteiger partial charge is 0.137 e. The minimum atomic E-state index is 0.121. The molecule has 2 heteroatoms. The summed E-state index contributed by atoms with van der Waals surface area (Å²) < 4.78 is 6.59. The van der Waals surface area contributed by atoms with Gasteiger partial charge in [0.05, 0.1) is 0 Å². The zero-order valence-corrected chi connectivity index (χ0v) is 31.3. The Hall–Kier alpha value is -5.08. The van der Waals surface area contributed by atoms with E-state index in [9.17, 15) is 0 Å². The van der Waals surface area contributed by atoms with Crippen LogP contribution in [-0.4, -0.2) is 0 Å². The van der Waals surface area contributed by atoms with Crippen LogP contribution in [0.15, 0.2) is 132 Å². The first kappa shape index (κ1) is 30.2. The number of nitrogens with zero attached hydrogens (tertiary/aromatic N) is 1. The Bertz CT molecular complexity index is 2760. The van der Waals surface area contributed by atoms with E-state index in [1.165, 1.54) is 108 Å². The van der Waals surface area contributed by atoms with Crippen molar-refractivity contribution in [2.24, 2.45) is 35.5 Å². The molecular weight excluding hydrogens is 667 g/mol. The van der Waals surface area contributed by atoms with Gasteiger partial charge in [-0.15, -0.1) is 0 Å². The molecule has 0 N–H and O–H groups in total. The number of anilines is 3. The highest BCUT2D eigenvalue weighted by molar-refractivity contribution is 6.06. The van der Waals surface area contributed by atoms with Gasteiger partial charge < -0.3 is 9.32 Å². The van der Waals surface area contributed by atoms with Gasteiger partial charge in [-0.2, -0.15) is 0 Å². The predicted octanol–water partition coefficient (Wildman–Crippen LogP) is 13.9. The van der Waals surface area contributed by atoms with Gasteiger partial charge in [0, 0.05) is 44.7 Å². The maximum atomic E-state index is 6.59. The van der Waals surface area contributed by atoms with Gasteiger partial charge in [-0.05, 0) is 174 Å². The third-order valence-corrected chi connectivity index (χ3v) is 16.7. The van der Waals surface area contributed by atoms with Crippen LogP contribution < -0.4 is 4.90 Å². The van der Waals surface area contributed by atoms with E-state index in [0.29, 0.717) is 0 Å². The zero-order chi connectivity index (χ0) is 35.6. The van der Waals surface area contributed by atoms with Crippen molar-refractivity contribution in [2.75, 3.05) is 4.90 Å². The van der Waals surface area contributed by atoms with E-state index in [1.54, 1.807) is 22.3 Å². The number of benzene rings is 6. The quantitative estimate of drug-likeness (QED) is 0.181. The number of hydrogen-bond donors (Lipinski definition) is 0. The molecule has 15 rings (SSSR count). The van der Waals surface area contributed by atoms with E-state index >= 15 is 0 Å². The molecule has 0 saturated heterocycles. The van der Waals surface area contributed by atoms with Gasteiger partial charge in [0.2, 0.25) is 0 Å². The summed E-state index contributed by atoms with van der Waals surface area (Å²) in [6.07, 6.45) is 12.5. The SMILES string of the molecule is c1ccc2c(c1)-c1ccc(N(c3ccc4c(c3)C3(c5ccccc5-4)C4CC5CC(C4)CC3C5)c3ccc4c(c3)oc3ccccc34)cc1C21CC2CCC1C2. The molecule has 3 unspecified atom stereocenters. The minimum absolute atomic E-state index is 0.121. The fraction of sp³-hybridized carbons (Fsp3) is 0.321. The zero-order valence-electron chi connectivity index (χ0n) is 31.3. The Balaban J connectivity index is 1.00. The molecule has 1 aromatic heterocycles. The lowest BCUT2D eigenvalue weighted by Crippen LogP contribution is -2.55. The second-order valence-electron chi connectivity index (χ2n) is 18.9. The first-order chi connectivity index (χ1) is 27.2. The number of para-hydroxylation sites is 1. The lowest BCUT2D eigenvalue weighted by atomic mass is 9.43. The van der Waals surface area contributed by atoms with Crippen LogP contribution in [0.2, 0.25) is 0 Å². The van der Waals surface area contributed by atoms with Crippen molar-refractivity contribution < 1.29 is 4.42 Å². The van der Waals surface area contributed by atoms with E-state index in [0.717, 1.165) is 46.7 Å². The predicted molar refractivity (Wildman–Crippen MR) is 223 cm³/mol. The van der Waals surface area contributed by atoms with Crippen LogP contribution in [0.25, 0.3) is 44.2 Å². The minimum Gasteiger partial charge on any atom is -0.456 e. The van der Waals surface area contributed by atoms with Crippen LogP contribution in [0.5, 0.6) is 0 Å². The van der Waals surface area contributed by atoms with E-state index < -0.39 is 0 Å². The number of rotatable bonds is 3. The Morgan fingerprint density at radius 2 is 1.02 bits per heavy atom. The third kappa shape index (κ3) is 3.69. The highest BCUT2D eigenvalue weighted by Crippen LogP contribution is 2.70. The monoisotopic (exact) mass is 711 g/mol. The molecule has 6 aromatic carbocycles. The Morgan fingerprint density at radius 3 is 1.76 bits per heavy atom. The van der Waals surface area contributed by atoms with Crippen LogP contribution in [-0.2, 0) is 10.8 Å².